The van der Waals surface area contributed by atoms with E-state index in [9.17, 15) is 69.0 Å². The lowest BCUT2D eigenvalue weighted by Crippen LogP contribution is -2.64. The highest BCUT2D eigenvalue weighted by atomic mass is 16.7. The van der Waals surface area contributed by atoms with Crippen molar-refractivity contribution in [3.8, 4) is 34.5 Å². The molecule has 408 valence electrons. The molecule has 0 radical (unpaired) electrons. The monoisotopic (exact) mass is 1100 g/mol. The molecule has 6 aromatic rings. The van der Waals surface area contributed by atoms with E-state index in [1.54, 1.807) is 64.1 Å². The number of aromatic hydroxyl groups is 4. The molecule has 82 heavy (non-hydrogen) atoms. The van der Waals surface area contributed by atoms with E-state index in [4.69, 9.17) is 18.9 Å². The summed E-state index contributed by atoms with van der Waals surface area (Å²) in [7, 11) is 0. The Bertz CT molecular complexity index is 4100. The minimum Gasteiger partial charge on any atom is -0.507 e. The van der Waals surface area contributed by atoms with Gasteiger partial charge in [-0.25, -0.2) is 0 Å². The molecule has 10 atom stereocenters. The van der Waals surface area contributed by atoms with Crippen molar-refractivity contribution in [1.29, 1.82) is 0 Å². The third-order valence-corrected chi connectivity index (χ3v) is 19.0. The van der Waals surface area contributed by atoms with Crippen LogP contribution >= 0.6 is 0 Å². The van der Waals surface area contributed by atoms with E-state index < -0.39 is 104 Å². The summed E-state index contributed by atoms with van der Waals surface area (Å²) in [5.74, 6) is -12.2. The van der Waals surface area contributed by atoms with Crippen LogP contribution in [0.25, 0.3) is 0 Å². The predicted octanol–water partition coefficient (Wildman–Crippen LogP) is 6.31. The van der Waals surface area contributed by atoms with Crippen molar-refractivity contribution in [2.24, 2.45) is 11.8 Å². The number of hydrogen-bond donors (Lipinski definition) is 6. The summed E-state index contributed by atoms with van der Waals surface area (Å²) >= 11 is 0. The van der Waals surface area contributed by atoms with Gasteiger partial charge in [0.1, 0.15) is 56.5 Å². The van der Waals surface area contributed by atoms with Crippen LogP contribution in [0.15, 0.2) is 108 Å². The number of phenols is 4. The van der Waals surface area contributed by atoms with Crippen molar-refractivity contribution < 1.29 is 87.9 Å². The Morgan fingerprint density at radius 2 is 0.793 bits per heavy atom. The molecule has 6 aliphatic carbocycles. The highest BCUT2D eigenvalue weighted by Crippen LogP contribution is 2.75. The number of hydrogen-bond acceptors (Lipinski definition) is 18. The molecule has 6 aromatic carbocycles. The minimum absolute atomic E-state index is 0.0375. The third kappa shape index (κ3) is 5.15. The molecule has 4 heterocycles. The van der Waals surface area contributed by atoms with Crippen molar-refractivity contribution in [2.75, 3.05) is 0 Å². The molecule has 2 fully saturated rings. The van der Waals surface area contributed by atoms with Gasteiger partial charge in [-0.15, -0.1) is 0 Å². The summed E-state index contributed by atoms with van der Waals surface area (Å²) in [4.78, 5) is 110. The number of benzene rings is 6. The van der Waals surface area contributed by atoms with Crippen LogP contribution in [0.5, 0.6) is 34.5 Å². The molecule has 0 saturated carbocycles. The van der Waals surface area contributed by atoms with Crippen LogP contribution in [0.2, 0.25) is 0 Å². The standard InChI is InChI=1S/2C32H22O9/c2*1-12-9-15-22(20(34)10-12)27(38)23-14(25(15)36)7-8-17-28(23)41-32-16-5-4-6-19(33)24(16)26(37)18-11-21(35)30(3,39)29(13(2)40-32)31(17,18)32/h2*4-11,13,29,33-34,39H,1-3H3/t2*13-,29+,30+,31-,32+/m00/s1. The Hall–Kier alpha value is -9.20. The number of phenolic OH excluding ortho intramolecular Hbond substituents is 4. The molecule has 10 aliphatic rings. The third-order valence-electron chi connectivity index (χ3n) is 19.0. The number of carbonyl (C=O) groups excluding carboxylic acids is 8. The highest BCUT2D eigenvalue weighted by Gasteiger charge is 2.84. The second-order valence-corrected chi connectivity index (χ2v) is 23.3. The first kappa shape index (κ1) is 49.8. The molecule has 0 amide bonds. The van der Waals surface area contributed by atoms with Gasteiger partial charge in [0.15, 0.2) is 34.7 Å². The van der Waals surface area contributed by atoms with E-state index >= 15 is 0 Å². The van der Waals surface area contributed by atoms with Crippen LogP contribution < -0.4 is 9.47 Å². The van der Waals surface area contributed by atoms with Crippen LogP contribution in [0.1, 0.15) is 145 Å². The lowest BCUT2D eigenvalue weighted by atomic mass is 9.49. The van der Waals surface area contributed by atoms with E-state index in [0.717, 1.165) is 12.2 Å². The summed E-state index contributed by atoms with van der Waals surface area (Å²) in [6, 6.07) is 20.9. The second-order valence-electron chi connectivity index (χ2n) is 23.3. The molecule has 18 nitrogen and oxygen atoms in total. The highest BCUT2D eigenvalue weighted by molar-refractivity contribution is 6.32. The number of aliphatic hydroxyl groups is 2. The molecule has 16 rings (SSSR count). The lowest BCUT2D eigenvalue weighted by Gasteiger charge is -2.50. The molecule has 4 aliphatic heterocycles. The SMILES string of the molecule is Cc1cc(O)c2c(c1)C(=O)c1ccc3c(c1C2=O)O[C@]12O[C@@H](C)[C@@H]4[C@](C)(O)C(=O)C=C(C(=O)c5c(O)cccc51)[C@@]342.Cc1cc(O)c2c(c1)C(=O)c1ccc3c(c1C2=O)O[C@]12O[C@@H](C)[C@@H]4[C@](C)(O)C(=O)C=C(C(=O)c5c(O)cccc51)[C@@]342. The molecule has 0 aromatic heterocycles. The van der Waals surface area contributed by atoms with E-state index in [1.165, 1.54) is 62.4 Å². The maximum Gasteiger partial charge on any atom is 0.253 e. The first-order valence-electron chi connectivity index (χ1n) is 26.4. The van der Waals surface area contributed by atoms with Crippen molar-refractivity contribution >= 4 is 46.3 Å². The van der Waals surface area contributed by atoms with Crippen LogP contribution in [0.4, 0.5) is 0 Å². The van der Waals surface area contributed by atoms with Crippen molar-refractivity contribution in [3.05, 3.63) is 197 Å². The molecular formula is C64H44O18. The molecule has 18 heteroatoms. The number of carbonyl (C=O) groups is 8. The molecule has 2 saturated heterocycles. The largest absolute Gasteiger partial charge is 0.507 e. The lowest BCUT2D eigenvalue weighted by molar-refractivity contribution is -0.189. The van der Waals surface area contributed by atoms with Gasteiger partial charge in [-0.1, -0.05) is 36.4 Å². The molecular weight excluding hydrogens is 1060 g/mol. The number of rotatable bonds is 0. The predicted molar refractivity (Wildman–Crippen MR) is 281 cm³/mol. The molecule has 0 unspecified atom stereocenters. The van der Waals surface area contributed by atoms with Gasteiger partial charge in [-0.05, 0) is 113 Å². The fourth-order valence-electron chi connectivity index (χ4n) is 16.2. The average Bonchev–Trinajstić information content (AvgIpc) is 1.54. The van der Waals surface area contributed by atoms with Gasteiger partial charge >= 0.3 is 0 Å². The average molecular weight is 1100 g/mol. The molecule has 0 bridgehead atoms. The van der Waals surface area contributed by atoms with Crippen LogP contribution in [-0.4, -0.2) is 100 Å². The Morgan fingerprint density at radius 1 is 0.415 bits per heavy atom. The van der Waals surface area contributed by atoms with Gasteiger partial charge in [0, 0.05) is 67.5 Å². The van der Waals surface area contributed by atoms with Gasteiger partial charge in [-0.2, -0.15) is 0 Å². The summed E-state index contributed by atoms with van der Waals surface area (Å²) in [6.45, 7) is 9.46. The number of aryl methyl sites for hydroxylation is 2. The Kier molecular flexibility index (Phi) is 9.12. The van der Waals surface area contributed by atoms with Gasteiger partial charge in [0.25, 0.3) is 11.6 Å². The molecule has 2 spiro atoms. The van der Waals surface area contributed by atoms with Gasteiger partial charge < -0.3 is 49.6 Å². The second kappa shape index (κ2) is 15.0. The zero-order chi connectivity index (χ0) is 57.9. The van der Waals surface area contributed by atoms with Crippen LogP contribution in [0, 0.1) is 25.7 Å². The van der Waals surface area contributed by atoms with E-state index in [0.29, 0.717) is 22.3 Å². The number of Topliss-reactive ketones (excluding diaryl/α,β-unsaturated/α-hetero) is 2. The zero-order valence-corrected chi connectivity index (χ0v) is 44.1. The van der Waals surface area contributed by atoms with Crippen LogP contribution in [-0.2, 0) is 41.5 Å². The quantitative estimate of drug-likeness (QED) is 0.0969. The summed E-state index contributed by atoms with van der Waals surface area (Å²) in [5.41, 5.74) is -5.67. The van der Waals surface area contributed by atoms with E-state index in [1.807, 2.05) is 0 Å². The number of ether oxygens (including phenoxy) is 4. The summed E-state index contributed by atoms with van der Waals surface area (Å²) in [6.07, 6.45) is 0.513. The maximum absolute atomic E-state index is 14.1. The van der Waals surface area contributed by atoms with Crippen molar-refractivity contribution in [2.45, 2.75) is 87.4 Å². The van der Waals surface area contributed by atoms with Crippen molar-refractivity contribution in [1.82, 2.24) is 0 Å². The van der Waals surface area contributed by atoms with Gasteiger partial charge in [0.2, 0.25) is 11.6 Å². The topological polar surface area (TPSA) is 295 Å². The van der Waals surface area contributed by atoms with Crippen molar-refractivity contribution in [3.63, 3.8) is 0 Å². The Balaban J connectivity index is 0.000000140. The fraction of sp³-hybridized carbons (Fsp3) is 0.250. The van der Waals surface area contributed by atoms with E-state index in [-0.39, 0.29) is 112 Å². The fourth-order valence-corrected chi connectivity index (χ4v) is 16.2. The molecule has 6 N–H and O–H groups in total. The van der Waals surface area contributed by atoms with E-state index in [2.05, 4.69) is 0 Å². The maximum atomic E-state index is 14.1. The first-order valence-corrected chi connectivity index (χ1v) is 26.4. The Morgan fingerprint density at radius 3 is 1.17 bits per heavy atom. The van der Waals surface area contributed by atoms with Gasteiger partial charge in [-0.3, -0.25) is 38.4 Å². The Labute approximate surface area is 463 Å². The summed E-state index contributed by atoms with van der Waals surface area (Å²) < 4.78 is 26.5. The number of ketones is 8. The normalized spacial score (nSPS) is 31.9. The zero-order valence-electron chi connectivity index (χ0n) is 44.1. The summed E-state index contributed by atoms with van der Waals surface area (Å²) in [5, 5.41) is 66.5. The first-order chi connectivity index (χ1) is 38.7. The number of fused-ring (bicyclic) bond motifs is 10. The minimum atomic E-state index is -2.00. The van der Waals surface area contributed by atoms with Gasteiger partial charge in [0.05, 0.1) is 45.6 Å². The smallest absolute Gasteiger partial charge is 0.253 e. The van der Waals surface area contributed by atoms with Crippen LogP contribution in [0.3, 0.4) is 0 Å².